The molecule has 0 aliphatic carbocycles. The largest absolute Gasteiger partial charge is 0.481 e. The fourth-order valence-electron chi connectivity index (χ4n) is 1.90. The molecule has 0 fully saturated rings. The summed E-state index contributed by atoms with van der Waals surface area (Å²) in [6.45, 7) is 1.98. The Labute approximate surface area is 95.7 Å². The van der Waals surface area contributed by atoms with Crippen LogP contribution in [-0.4, -0.2) is 26.2 Å². The van der Waals surface area contributed by atoms with Crippen molar-refractivity contribution in [3.05, 3.63) is 30.0 Å². The van der Waals surface area contributed by atoms with Crippen molar-refractivity contribution in [2.75, 3.05) is 26.1 Å². The van der Waals surface area contributed by atoms with Gasteiger partial charge < -0.3 is 9.64 Å². The minimum absolute atomic E-state index is 0.693. The molecular formula is C13H16N2O. The Kier molecular flexibility index (Phi) is 2.69. The van der Waals surface area contributed by atoms with Crippen LogP contribution in [0.4, 0.5) is 5.69 Å². The fraction of sp³-hybridized carbons (Fsp3) is 0.308. The number of aryl methyl sites for hydroxylation is 1. The van der Waals surface area contributed by atoms with Crippen LogP contribution in [-0.2, 0) is 0 Å². The van der Waals surface area contributed by atoms with Gasteiger partial charge in [0.1, 0.15) is 0 Å². The van der Waals surface area contributed by atoms with Crippen LogP contribution in [0.3, 0.4) is 0 Å². The van der Waals surface area contributed by atoms with Gasteiger partial charge in [0.15, 0.2) is 0 Å². The Bertz CT molecular complexity index is 521. The van der Waals surface area contributed by atoms with Crippen LogP contribution in [0, 0.1) is 6.92 Å². The molecule has 2 aromatic rings. The molecule has 0 aliphatic rings. The summed E-state index contributed by atoms with van der Waals surface area (Å²) in [7, 11) is 5.73. The summed E-state index contributed by atoms with van der Waals surface area (Å²) in [6.07, 6.45) is 0. The highest BCUT2D eigenvalue weighted by molar-refractivity contribution is 5.97. The highest BCUT2D eigenvalue weighted by atomic mass is 16.5. The van der Waals surface area contributed by atoms with Gasteiger partial charge in [-0.1, -0.05) is 6.07 Å². The molecule has 3 nitrogen and oxygen atoms in total. The van der Waals surface area contributed by atoms with Crippen molar-refractivity contribution >= 4 is 16.5 Å². The van der Waals surface area contributed by atoms with Crippen molar-refractivity contribution in [2.24, 2.45) is 0 Å². The zero-order valence-corrected chi connectivity index (χ0v) is 10.1. The molecule has 0 bridgehead atoms. The van der Waals surface area contributed by atoms with Crippen molar-refractivity contribution in [3.63, 3.8) is 0 Å². The minimum atomic E-state index is 0.693. The first kappa shape index (κ1) is 10.7. The monoisotopic (exact) mass is 216 g/mol. The van der Waals surface area contributed by atoms with Gasteiger partial charge in [0.05, 0.1) is 7.11 Å². The second-order valence-corrected chi connectivity index (χ2v) is 4.04. The Morgan fingerprint density at radius 1 is 1.19 bits per heavy atom. The topological polar surface area (TPSA) is 25.4 Å². The number of aromatic nitrogens is 1. The van der Waals surface area contributed by atoms with Crippen LogP contribution < -0.4 is 9.64 Å². The van der Waals surface area contributed by atoms with Crippen LogP contribution in [0.25, 0.3) is 10.8 Å². The van der Waals surface area contributed by atoms with Gasteiger partial charge in [-0.2, -0.15) is 0 Å². The molecule has 0 spiro atoms. The summed E-state index contributed by atoms with van der Waals surface area (Å²) in [5.41, 5.74) is 2.15. The second kappa shape index (κ2) is 4.00. The zero-order valence-electron chi connectivity index (χ0n) is 10.1. The number of ether oxygens (including phenoxy) is 1. The smallest absolute Gasteiger partial charge is 0.221 e. The maximum absolute atomic E-state index is 5.31. The highest BCUT2D eigenvalue weighted by Gasteiger charge is 2.08. The molecule has 1 aromatic carbocycles. The number of fused-ring (bicyclic) bond motifs is 1. The van der Waals surface area contributed by atoms with Crippen molar-refractivity contribution in [1.29, 1.82) is 0 Å². The lowest BCUT2D eigenvalue weighted by Gasteiger charge is -2.16. The van der Waals surface area contributed by atoms with Gasteiger partial charge in [-0.05, 0) is 25.1 Å². The molecule has 0 atom stereocenters. The highest BCUT2D eigenvalue weighted by Crippen LogP contribution is 2.31. The number of anilines is 1. The lowest BCUT2D eigenvalue weighted by atomic mass is 10.1. The third kappa shape index (κ3) is 1.69. The third-order valence-electron chi connectivity index (χ3n) is 2.62. The third-order valence-corrected chi connectivity index (χ3v) is 2.62. The quantitative estimate of drug-likeness (QED) is 0.771. The normalized spacial score (nSPS) is 10.5. The first-order valence-electron chi connectivity index (χ1n) is 5.25. The van der Waals surface area contributed by atoms with E-state index >= 15 is 0 Å². The average Bonchev–Trinajstić information content (AvgIpc) is 2.26. The van der Waals surface area contributed by atoms with Crippen molar-refractivity contribution in [2.45, 2.75) is 6.92 Å². The Morgan fingerprint density at radius 3 is 2.56 bits per heavy atom. The number of hydrogen-bond donors (Lipinski definition) is 0. The van der Waals surface area contributed by atoms with Gasteiger partial charge in [0.25, 0.3) is 0 Å². The average molecular weight is 216 g/mol. The second-order valence-electron chi connectivity index (χ2n) is 4.04. The SMILES string of the molecule is COc1nc(C)cc2c(N(C)C)cccc12. The van der Waals surface area contributed by atoms with E-state index in [2.05, 4.69) is 22.0 Å². The number of nitrogens with zero attached hydrogens (tertiary/aromatic N) is 2. The molecule has 0 N–H and O–H groups in total. The molecule has 84 valence electrons. The van der Waals surface area contributed by atoms with Crippen molar-refractivity contribution < 1.29 is 4.74 Å². The van der Waals surface area contributed by atoms with E-state index in [4.69, 9.17) is 4.74 Å². The van der Waals surface area contributed by atoms with Gasteiger partial charge in [-0.25, -0.2) is 4.98 Å². The maximum atomic E-state index is 5.31. The Balaban J connectivity index is 2.82. The predicted molar refractivity (Wildman–Crippen MR) is 67.4 cm³/mol. The van der Waals surface area contributed by atoms with Gasteiger partial charge in [0, 0.05) is 36.2 Å². The van der Waals surface area contributed by atoms with Crippen molar-refractivity contribution in [1.82, 2.24) is 4.98 Å². The van der Waals surface area contributed by atoms with E-state index in [9.17, 15) is 0 Å². The standard InChI is InChI=1S/C13H16N2O/c1-9-8-11-10(13(14-9)16-4)6-5-7-12(11)15(2)3/h5-8H,1-4H3. The van der Waals surface area contributed by atoms with E-state index in [0.717, 1.165) is 11.1 Å². The van der Waals surface area contributed by atoms with E-state index in [1.54, 1.807) is 7.11 Å². The van der Waals surface area contributed by atoms with Gasteiger partial charge >= 0.3 is 0 Å². The van der Waals surface area contributed by atoms with E-state index in [1.807, 2.05) is 33.2 Å². The number of rotatable bonds is 2. The van der Waals surface area contributed by atoms with Crippen LogP contribution >= 0.6 is 0 Å². The molecular weight excluding hydrogens is 200 g/mol. The van der Waals surface area contributed by atoms with Crippen molar-refractivity contribution in [3.8, 4) is 5.88 Å². The van der Waals surface area contributed by atoms with Crippen LogP contribution in [0.5, 0.6) is 5.88 Å². The fourth-order valence-corrected chi connectivity index (χ4v) is 1.90. The first-order valence-corrected chi connectivity index (χ1v) is 5.25. The molecule has 0 unspecified atom stereocenters. The Morgan fingerprint density at radius 2 is 1.94 bits per heavy atom. The van der Waals surface area contributed by atoms with Gasteiger partial charge in [0.2, 0.25) is 5.88 Å². The molecule has 0 radical (unpaired) electrons. The summed E-state index contributed by atoms with van der Waals surface area (Å²) in [5.74, 6) is 0.693. The predicted octanol–water partition coefficient (Wildman–Crippen LogP) is 2.62. The molecule has 1 aromatic heterocycles. The molecule has 3 heteroatoms. The van der Waals surface area contributed by atoms with Crippen LogP contribution in [0.15, 0.2) is 24.3 Å². The summed E-state index contributed by atoms with van der Waals surface area (Å²) in [5, 5.41) is 2.23. The molecule has 0 amide bonds. The van der Waals surface area contributed by atoms with E-state index in [1.165, 1.54) is 11.1 Å². The summed E-state index contributed by atoms with van der Waals surface area (Å²) in [4.78, 5) is 6.48. The maximum Gasteiger partial charge on any atom is 0.221 e. The molecule has 0 saturated carbocycles. The van der Waals surface area contributed by atoms with Crippen LogP contribution in [0.2, 0.25) is 0 Å². The van der Waals surface area contributed by atoms with Gasteiger partial charge in [-0.3, -0.25) is 0 Å². The number of methoxy groups -OCH3 is 1. The van der Waals surface area contributed by atoms with E-state index in [0.29, 0.717) is 5.88 Å². The molecule has 0 saturated heterocycles. The zero-order chi connectivity index (χ0) is 11.7. The summed E-state index contributed by atoms with van der Waals surface area (Å²) in [6, 6.07) is 8.25. The lowest BCUT2D eigenvalue weighted by molar-refractivity contribution is 0.402. The molecule has 16 heavy (non-hydrogen) atoms. The minimum Gasteiger partial charge on any atom is -0.481 e. The first-order chi connectivity index (χ1) is 7.63. The van der Waals surface area contributed by atoms with E-state index in [-0.39, 0.29) is 0 Å². The number of benzene rings is 1. The number of hydrogen-bond acceptors (Lipinski definition) is 3. The summed E-state index contributed by atoms with van der Waals surface area (Å²) >= 11 is 0. The van der Waals surface area contributed by atoms with Crippen LogP contribution in [0.1, 0.15) is 5.69 Å². The number of pyridine rings is 1. The lowest BCUT2D eigenvalue weighted by Crippen LogP contribution is -2.09. The van der Waals surface area contributed by atoms with Gasteiger partial charge in [-0.15, -0.1) is 0 Å². The van der Waals surface area contributed by atoms with E-state index < -0.39 is 0 Å². The summed E-state index contributed by atoms with van der Waals surface area (Å²) < 4.78 is 5.31. The Hall–Kier alpha value is -1.77. The molecule has 0 aliphatic heterocycles. The molecule has 1 heterocycles. The molecule has 2 rings (SSSR count).